The Morgan fingerprint density at radius 2 is 1.91 bits per heavy atom. The highest BCUT2D eigenvalue weighted by Crippen LogP contribution is 1.89. The predicted octanol–water partition coefficient (Wildman–Crippen LogP) is 2.26. The molecule has 0 heterocycles. The van der Waals surface area contributed by atoms with Gasteiger partial charge in [-0.05, 0) is 20.3 Å². The SMILES string of the molecule is CCC(C)=O.CCC(C)OO. The maximum absolute atomic E-state index is 9.81. The van der Waals surface area contributed by atoms with E-state index in [2.05, 4.69) is 4.89 Å². The van der Waals surface area contributed by atoms with Crippen LogP contribution in [0.15, 0.2) is 0 Å². The fourth-order valence-corrected chi connectivity index (χ4v) is 0.0745. The van der Waals surface area contributed by atoms with Gasteiger partial charge in [-0.3, -0.25) is 5.26 Å². The molecule has 0 fully saturated rings. The molecule has 1 N–H and O–H groups in total. The van der Waals surface area contributed by atoms with Crippen LogP contribution in [0.2, 0.25) is 0 Å². The monoisotopic (exact) mass is 162 g/mol. The van der Waals surface area contributed by atoms with E-state index in [0.29, 0.717) is 6.42 Å². The molecule has 3 heteroatoms. The van der Waals surface area contributed by atoms with Crippen LogP contribution in [0.4, 0.5) is 0 Å². The third kappa shape index (κ3) is 17.7. The van der Waals surface area contributed by atoms with Crippen LogP contribution in [-0.4, -0.2) is 17.1 Å². The highest BCUT2D eigenvalue weighted by molar-refractivity contribution is 5.74. The highest BCUT2D eigenvalue weighted by Gasteiger charge is 1.91. The molecule has 1 unspecified atom stereocenters. The average Bonchev–Trinajstić information content (AvgIpc) is 2.04. The molecule has 0 radical (unpaired) electrons. The molecule has 0 bridgehead atoms. The molecule has 0 aliphatic rings. The fourth-order valence-electron chi connectivity index (χ4n) is 0.0745. The lowest BCUT2D eigenvalue weighted by Gasteiger charge is -1.98. The molecule has 0 saturated heterocycles. The molecule has 0 rings (SSSR count). The van der Waals surface area contributed by atoms with Gasteiger partial charge in [0.2, 0.25) is 0 Å². The molecule has 0 saturated carbocycles. The summed E-state index contributed by atoms with van der Waals surface area (Å²) in [4.78, 5) is 13.7. The normalized spacial score (nSPS) is 11.4. The lowest BCUT2D eigenvalue weighted by molar-refractivity contribution is -0.274. The molecule has 0 aromatic heterocycles. The van der Waals surface area contributed by atoms with E-state index in [1.807, 2.05) is 13.8 Å². The summed E-state index contributed by atoms with van der Waals surface area (Å²) < 4.78 is 0. The highest BCUT2D eigenvalue weighted by atomic mass is 17.1. The van der Waals surface area contributed by atoms with E-state index in [9.17, 15) is 4.79 Å². The summed E-state index contributed by atoms with van der Waals surface area (Å²) in [5.74, 6) is 0.255. The van der Waals surface area contributed by atoms with E-state index in [1.54, 1.807) is 13.8 Å². The van der Waals surface area contributed by atoms with Crippen molar-refractivity contribution in [3.05, 3.63) is 0 Å². The molecule has 0 spiro atoms. The van der Waals surface area contributed by atoms with Crippen LogP contribution in [0.3, 0.4) is 0 Å². The summed E-state index contributed by atoms with van der Waals surface area (Å²) in [6.45, 7) is 7.18. The summed E-state index contributed by atoms with van der Waals surface area (Å²) in [7, 11) is 0. The smallest absolute Gasteiger partial charge is 0.129 e. The zero-order valence-corrected chi connectivity index (χ0v) is 7.76. The Labute approximate surface area is 68.3 Å². The Balaban J connectivity index is 0. The number of carbonyl (C=O) groups excluding carboxylic acids is 1. The minimum Gasteiger partial charge on any atom is -0.300 e. The first-order valence-corrected chi connectivity index (χ1v) is 3.88. The van der Waals surface area contributed by atoms with Gasteiger partial charge in [0, 0.05) is 6.42 Å². The number of rotatable bonds is 3. The van der Waals surface area contributed by atoms with Crippen LogP contribution in [0.25, 0.3) is 0 Å². The summed E-state index contributed by atoms with van der Waals surface area (Å²) in [5.41, 5.74) is 0. The molecule has 0 aliphatic carbocycles. The number of carbonyl (C=O) groups is 1. The fraction of sp³-hybridized carbons (Fsp3) is 0.875. The van der Waals surface area contributed by atoms with Gasteiger partial charge < -0.3 is 4.79 Å². The van der Waals surface area contributed by atoms with Crippen molar-refractivity contribution in [3.8, 4) is 0 Å². The lowest BCUT2D eigenvalue weighted by atomic mass is 10.3. The van der Waals surface area contributed by atoms with Gasteiger partial charge >= 0.3 is 0 Å². The summed E-state index contributed by atoms with van der Waals surface area (Å²) in [6, 6.07) is 0. The van der Waals surface area contributed by atoms with Crippen LogP contribution in [0.1, 0.15) is 40.5 Å². The number of hydrogen-bond acceptors (Lipinski definition) is 3. The van der Waals surface area contributed by atoms with Gasteiger partial charge in [-0.15, -0.1) is 0 Å². The summed E-state index contributed by atoms with van der Waals surface area (Å²) in [6.07, 6.45) is 1.52. The van der Waals surface area contributed by atoms with Gasteiger partial charge in [-0.2, -0.15) is 0 Å². The third-order valence-electron chi connectivity index (χ3n) is 1.25. The molecule has 0 amide bonds. The van der Waals surface area contributed by atoms with Crippen molar-refractivity contribution in [3.63, 3.8) is 0 Å². The van der Waals surface area contributed by atoms with E-state index in [4.69, 9.17) is 5.26 Å². The number of hydrogen-bond donors (Lipinski definition) is 1. The Morgan fingerprint density at radius 1 is 1.55 bits per heavy atom. The molecular formula is C8H18O3. The molecule has 0 aromatic rings. The maximum Gasteiger partial charge on any atom is 0.129 e. The van der Waals surface area contributed by atoms with Crippen molar-refractivity contribution < 1.29 is 14.9 Å². The molecule has 0 aromatic carbocycles. The first-order chi connectivity index (χ1) is 5.08. The van der Waals surface area contributed by atoms with Crippen LogP contribution in [-0.2, 0) is 9.68 Å². The van der Waals surface area contributed by atoms with E-state index in [0.717, 1.165) is 6.42 Å². The van der Waals surface area contributed by atoms with Gasteiger partial charge in [-0.25, -0.2) is 4.89 Å². The minimum absolute atomic E-state index is 0.00926. The molecule has 68 valence electrons. The van der Waals surface area contributed by atoms with Crippen LogP contribution < -0.4 is 0 Å². The lowest BCUT2D eigenvalue weighted by Crippen LogP contribution is -2.00. The van der Waals surface area contributed by atoms with E-state index < -0.39 is 0 Å². The van der Waals surface area contributed by atoms with Gasteiger partial charge in [0.05, 0.1) is 6.10 Å². The van der Waals surface area contributed by atoms with Crippen LogP contribution in [0, 0.1) is 0 Å². The van der Waals surface area contributed by atoms with Gasteiger partial charge in [-0.1, -0.05) is 13.8 Å². The van der Waals surface area contributed by atoms with Crippen molar-refractivity contribution in [2.75, 3.05) is 0 Å². The second kappa shape index (κ2) is 9.59. The second-order valence-corrected chi connectivity index (χ2v) is 2.38. The standard InChI is InChI=1S/C4H10O2.C4H8O/c1-3-4(2)6-5;1-3-4(2)5/h4-5H,3H2,1-2H3;3H2,1-2H3. The van der Waals surface area contributed by atoms with E-state index >= 15 is 0 Å². The van der Waals surface area contributed by atoms with Crippen LogP contribution >= 0.6 is 0 Å². The van der Waals surface area contributed by atoms with E-state index in [1.165, 1.54) is 0 Å². The van der Waals surface area contributed by atoms with Gasteiger partial charge in [0.1, 0.15) is 5.78 Å². The maximum atomic E-state index is 9.81. The third-order valence-corrected chi connectivity index (χ3v) is 1.25. The van der Waals surface area contributed by atoms with E-state index in [-0.39, 0.29) is 11.9 Å². The molecule has 1 atom stereocenters. The largest absolute Gasteiger partial charge is 0.300 e. The van der Waals surface area contributed by atoms with Crippen molar-refractivity contribution in [1.29, 1.82) is 0 Å². The molecule has 0 aliphatic heterocycles. The van der Waals surface area contributed by atoms with Crippen molar-refractivity contribution in [2.24, 2.45) is 0 Å². The Hall–Kier alpha value is -0.410. The Morgan fingerprint density at radius 3 is 1.91 bits per heavy atom. The van der Waals surface area contributed by atoms with Crippen molar-refractivity contribution in [1.82, 2.24) is 0 Å². The second-order valence-electron chi connectivity index (χ2n) is 2.38. The first-order valence-electron chi connectivity index (χ1n) is 3.88. The molecular weight excluding hydrogens is 144 g/mol. The molecule has 3 nitrogen and oxygen atoms in total. The van der Waals surface area contributed by atoms with Gasteiger partial charge in [0.25, 0.3) is 0 Å². The first kappa shape index (κ1) is 13.2. The van der Waals surface area contributed by atoms with Crippen molar-refractivity contribution in [2.45, 2.75) is 46.6 Å². The molecule has 11 heavy (non-hydrogen) atoms. The van der Waals surface area contributed by atoms with Crippen LogP contribution in [0.5, 0.6) is 0 Å². The zero-order valence-electron chi connectivity index (χ0n) is 7.76. The number of Topliss-reactive ketones (excluding diaryl/α,β-unsaturated/α-hetero) is 1. The van der Waals surface area contributed by atoms with Gasteiger partial charge in [0.15, 0.2) is 0 Å². The summed E-state index contributed by atoms with van der Waals surface area (Å²) >= 11 is 0. The average molecular weight is 162 g/mol. The number of ketones is 1. The zero-order chi connectivity index (χ0) is 9.28. The topological polar surface area (TPSA) is 46.5 Å². The predicted molar refractivity (Wildman–Crippen MR) is 44.4 cm³/mol. The Bertz CT molecular complexity index is 87.3. The van der Waals surface area contributed by atoms with Crippen molar-refractivity contribution >= 4 is 5.78 Å². The summed E-state index contributed by atoms with van der Waals surface area (Å²) in [5, 5.41) is 7.83. The minimum atomic E-state index is -0.00926. The Kier molecular flexibility index (Phi) is 11.5. The quantitative estimate of drug-likeness (QED) is 0.511.